The largest absolute Gasteiger partial charge is 0.393 e. The maximum Gasteiger partial charge on any atom is 0.263 e. The Hall–Kier alpha value is -1.51. The number of nitrogens with two attached hydrogens (primary N) is 1. The summed E-state index contributed by atoms with van der Waals surface area (Å²) < 4.78 is 26.7. The highest BCUT2D eigenvalue weighted by atomic mass is 32.2. The minimum atomic E-state index is -3.61. The Morgan fingerprint density at radius 2 is 2.05 bits per heavy atom. The average molecular weight is 327 g/mol. The molecule has 0 radical (unpaired) electrons. The molecule has 0 saturated heterocycles. The monoisotopic (exact) mass is 327 g/mol. The molecule has 0 fully saturated rings. The highest BCUT2D eigenvalue weighted by Crippen LogP contribution is 2.21. The van der Waals surface area contributed by atoms with Crippen molar-refractivity contribution in [1.29, 1.82) is 0 Å². The van der Waals surface area contributed by atoms with Gasteiger partial charge in [-0.15, -0.1) is 11.3 Å². The van der Waals surface area contributed by atoms with Gasteiger partial charge in [0, 0.05) is 17.5 Å². The molecule has 1 aromatic carbocycles. The quantitative estimate of drug-likeness (QED) is 0.821. The molecular formula is C12H13N3O2S3. The SMILES string of the molecule is Cc1cnc(NS(=O)(=O)c2ccc(CC(N)=S)cc2)s1. The molecule has 0 amide bonds. The summed E-state index contributed by atoms with van der Waals surface area (Å²) in [4.78, 5) is 5.47. The van der Waals surface area contributed by atoms with E-state index in [0.29, 0.717) is 16.5 Å². The highest BCUT2D eigenvalue weighted by Gasteiger charge is 2.15. The number of thiocarbonyl (C=S) groups is 1. The number of hydrogen-bond donors (Lipinski definition) is 2. The summed E-state index contributed by atoms with van der Waals surface area (Å²) in [5.74, 6) is 0. The van der Waals surface area contributed by atoms with Crippen LogP contribution in [0.1, 0.15) is 10.4 Å². The van der Waals surface area contributed by atoms with Crippen LogP contribution < -0.4 is 10.5 Å². The number of hydrogen-bond acceptors (Lipinski definition) is 5. The highest BCUT2D eigenvalue weighted by molar-refractivity contribution is 7.93. The molecule has 2 rings (SSSR count). The average Bonchev–Trinajstić information content (AvgIpc) is 2.74. The molecule has 1 aromatic heterocycles. The predicted molar refractivity (Wildman–Crippen MR) is 84.6 cm³/mol. The lowest BCUT2D eigenvalue weighted by atomic mass is 10.1. The second-order valence-corrected chi connectivity index (χ2v) is 7.61. The Morgan fingerprint density at radius 3 is 2.55 bits per heavy atom. The Morgan fingerprint density at radius 1 is 1.40 bits per heavy atom. The van der Waals surface area contributed by atoms with Crippen LogP contribution in [-0.2, 0) is 16.4 Å². The Kier molecular flexibility index (Phi) is 4.36. The molecule has 2 aromatic rings. The maximum atomic E-state index is 12.1. The first-order chi connectivity index (χ1) is 9.37. The first-order valence-electron chi connectivity index (χ1n) is 5.69. The summed E-state index contributed by atoms with van der Waals surface area (Å²) in [6.45, 7) is 1.86. The summed E-state index contributed by atoms with van der Waals surface area (Å²) in [7, 11) is -3.61. The van der Waals surface area contributed by atoms with E-state index in [1.807, 2.05) is 6.92 Å². The van der Waals surface area contributed by atoms with E-state index in [4.69, 9.17) is 18.0 Å². The fourth-order valence-corrected chi connectivity index (χ4v) is 3.64. The molecule has 3 N–H and O–H groups in total. The van der Waals surface area contributed by atoms with E-state index in [-0.39, 0.29) is 4.90 Å². The van der Waals surface area contributed by atoms with Crippen LogP contribution in [0.5, 0.6) is 0 Å². The minimum Gasteiger partial charge on any atom is -0.393 e. The summed E-state index contributed by atoms with van der Waals surface area (Å²) in [6.07, 6.45) is 2.07. The zero-order valence-electron chi connectivity index (χ0n) is 10.7. The van der Waals surface area contributed by atoms with Crippen LogP contribution in [0, 0.1) is 6.92 Å². The van der Waals surface area contributed by atoms with Crippen molar-refractivity contribution in [2.24, 2.45) is 5.73 Å². The van der Waals surface area contributed by atoms with E-state index in [1.54, 1.807) is 18.3 Å². The maximum absolute atomic E-state index is 12.1. The van der Waals surface area contributed by atoms with E-state index in [1.165, 1.54) is 23.5 Å². The number of nitrogens with one attached hydrogen (secondary N) is 1. The number of sulfonamides is 1. The molecule has 0 aliphatic carbocycles. The van der Waals surface area contributed by atoms with Gasteiger partial charge < -0.3 is 5.73 Å². The number of aromatic nitrogens is 1. The number of aryl methyl sites for hydroxylation is 1. The number of thiazole rings is 1. The van der Waals surface area contributed by atoms with Gasteiger partial charge in [-0.1, -0.05) is 24.4 Å². The van der Waals surface area contributed by atoms with Crippen molar-refractivity contribution < 1.29 is 8.42 Å². The number of rotatable bonds is 5. The molecule has 0 unspecified atom stereocenters. The molecule has 0 aliphatic heterocycles. The van der Waals surface area contributed by atoms with Crippen molar-refractivity contribution in [3.63, 3.8) is 0 Å². The molecule has 0 aliphatic rings. The van der Waals surface area contributed by atoms with Gasteiger partial charge in [0.25, 0.3) is 10.0 Å². The Bertz CT molecular complexity index is 721. The van der Waals surface area contributed by atoms with Gasteiger partial charge in [-0.05, 0) is 24.6 Å². The van der Waals surface area contributed by atoms with Crippen LogP contribution in [0.15, 0.2) is 35.4 Å². The third kappa shape index (κ3) is 3.75. The van der Waals surface area contributed by atoms with Crippen LogP contribution in [0.4, 0.5) is 5.13 Å². The summed E-state index contributed by atoms with van der Waals surface area (Å²) in [5, 5.41) is 0.356. The Balaban J connectivity index is 2.19. The van der Waals surface area contributed by atoms with E-state index in [2.05, 4.69) is 9.71 Å². The molecule has 20 heavy (non-hydrogen) atoms. The smallest absolute Gasteiger partial charge is 0.263 e. The van der Waals surface area contributed by atoms with Gasteiger partial charge >= 0.3 is 0 Å². The molecule has 1 heterocycles. The van der Waals surface area contributed by atoms with Crippen LogP contribution >= 0.6 is 23.6 Å². The summed E-state index contributed by atoms with van der Waals surface area (Å²) in [5.41, 5.74) is 6.32. The van der Waals surface area contributed by atoms with Crippen molar-refractivity contribution in [3.05, 3.63) is 40.9 Å². The van der Waals surface area contributed by atoms with Gasteiger partial charge in [0.15, 0.2) is 5.13 Å². The van der Waals surface area contributed by atoms with Gasteiger partial charge in [0.05, 0.1) is 9.88 Å². The summed E-state index contributed by atoms with van der Waals surface area (Å²) >= 11 is 6.10. The van der Waals surface area contributed by atoms with Crippen LogP contribution in [0.3, 0.4) is 0 Å². The van der Waals surface area contributed by atoms with Crippen molar-refractivity contribution in [2.45, 2.75) is 18.2 Å². The van der Waals surface area contributed by atoms with Gasteiger partial charge in [0.1, 0.15) is 0 Å². The fraction of sp³-hybridized carbons (Fsp3) is 0.167. The van der Waals surface area contributed by atoms with Gasteiger partial charge in [-0.2, -0.15) is 0 Å². The molecule has 0 spiro atoms. The van der Waals surface area contributed by atoms with E-state index >= 15 is 0 Å². The molecule has 0 bridgehead atoms. The van der Waals surface area contributed by atoms with Crippen LogP contribution in [0.25, 0.3) is 0 Å². The first kappa shape index (κ1) is 14.9. The van der Waals surface area contributed by atoms with Crippen molar-refractivity contribution in [2.75, 3.05) is 4.72 Å². The van der Waals surface area contributed by atoms with E-state index in [0.717, 1.165) is 10.4 Å². The van der Waals surface area contributed by atoms with Crippen LogP contribution in [-0.4, -0.2) is 18.4 Å². The Labute approximate surface area is 126 Å². The topological polar surface area (TPSA) is 85.1 Å². The second kappa shape index (κ2) is 5.86. The lowest BCUT2D eigenvalue weighted by Gasteiger charge is -2.06. The number of benzene rings is 1. The predicted octanol–water partition coefficient (Wildman–Crippen LogP) is 2.08. The van der Waals surface area contributed by atoms with Crippen molar-refractivity contribution >= 4 is 43.7 Å². The van der Waals surface area contributed by atoms with E-state index in [9.17, 15) is 8.42 Å². The fourth-order valence-electron chi connectivity index (χ4n) is 1.56. The standard InChI is InChI=1S/C12H13N3O2S3/c1-8-7-14-12(19-8)15-20(16,17)10-4-2-9(3-5-10)6-11(13)18/h2-5,7H,6H2,1H3,(H2,13,18)(H,14,15). The van der Waals surface area contributed by atoms with Crippen LogP contribution in [0.2, 0.25) is 0 Å². The molecule has 0 atom stereocenters. The lowest BCUT2D eigenvalue weighted by molar-refractivity contribution is 0.601. The van der Waals surface area contributed by atoms with Crippen molar-refractivity contribution in [3.8, 4) is 0 Å². The summed E-state index contributed by atoms with van der Waals surface area (Å²) in [6, 6.07) is 6.44. The lowest BCUT2D eigenvalue weighted by Crippen LogP contribution is -2.13. The zero-order valence-corrected chi connectivity index (χ0v) is 13.1. The van der Waals surface area contributed by atoms with Gasteiger partial charge in [-0.25, -0.2) is 13.4 Å². The third-order valence-electron chi connectivity index (χ3n) is 2.45. The molecule has 0 saturated carbocycles. The molecule has 5 nitrogen and oxygen atoms in total. The normalized spacial score (nSPS) is 11.2. The number of nitrogens with zero attached hydrogens (tertiary/aromatic N) is 1. The number of anilines is 1. The van der Waals surface area contributed by atoms with Gasteiger partial charge in [-0.3, -0.25) is 4.72 Å². The molecular weight excluding hydrogens is 314 g/mol. The minimum absolute atomic E-state index is 0.178. The first-order valence-corrected chi connectivity index (χ1v) is 8.40. The van der Waals surface area contributed by atoms with Gasteiger partial charge in [0.2, 0.25) is 0 Å². The molecule has 8 heteroatoms. The molecule has 106 valence electrons. The third-order valence-corrected chi connectivity index (χ3v) is 4.91. The second-order valence-electron chi connectivity index (χ2n) is 4.17. The van der Waals surface area contributed by atoms with E-state index < -0.39 is 10.0 Å². The zero-order chi connectivity index (χ0) is 14.8. The van der Waals surface area contributed by atoms with Crippen molar-refractivity contribution in [1.82, 2.24) is 4.98 Å².